The zero-order chi connectivity index (χ0) is 15.5. The first-order valence-corrected chi connectivity index (χ1v) is 9.24. The van der Waals surface area contributed by atoms with E-state index in [-0.39, 0.29) is 15.6 Å². The van der Waals surface area contributed by atoms with Crippen LogP contribution in [0.3, 0.4) is 0 Å². The van der Waals surface area contributed by atoms with Gasteiger partial charge in [-0.15, -0.1) is 0 Å². The van der Waals surface area contributed by atoms with Crippen LogP contribution in [0.4, 0.5) is 5.69 Å². The maximum atomic E-state index is 13.1. The largest absolute Gasteiger partial charge is 0.325 e. The number of anilines is 1. The Bertz CT molecular complexity index is 624. The fourth-order valence-corrected chi connectivity index (χ4v) is 6.99. The van der Waals surface area contributed by atoms with Gasteiger partial charge >= 0.3 is 0 Å². The van der Waals surface area contributed by atoms with E-state index >= 15 is 0 Å². The van der Waals surface area contributed by atoms with Crippen LogP contribution < -0.4 is 5.32 Å². The summed E-state index contributed by atoms with van der Waals surface area (Å²) in [7, 11) is 0. The van der Waals surface area contributed by atoms with Crippen molar-refractivity contribution < 1.29 is 4.79 Å². The molecule has 2 unspecified atom stereocenters. The van der Waals surface area contributed by atoms with E-state index in [2.05, 4.69) is 53.3 Å². The lowest BCUT2D eigenvalue weighted by atomic mass is 9.49. The molecular weight excluding hydrogens is 338 g/mol. The summed E-state index contributed by atoms with van der Waals surface area (Å²) in [5.41, 5.74) is 3.20. The maximum Gasteiger partial charge on any atom is 0.230 e. The summed E-state index contributed by atoms with van der Waals surface area (Å²) in [5, 5.41) is 3.27. The lowest BCUT2D eigenvalue weighted by Gasteiger charge is -2.59. The van der Waals surface area contributed by atoms with Crippen molar-refractivity contribution in [2.75, 3.05) is 5.32 Å². The highest BCUT2D eigenvalue weighted by Crippen LogP contribution is 2.64. The number of benzene rings is 1. The molecule has 0 aliphatic heterocycles. The normalized spacial score (nSPS) is 39.0. The first-order valence-electron chi connectivity index (χ1n) is 8.45. The second-order valence-electron chi connectivity index (χ2n) is 8.16. The lowest BCUT2D eigenvalue weighted by Crippen LogP contribution is -2.57. The van der Waals surface area contributed by atoms with Crippen molar-refractivity contribution in [3.8, 4) is 0 Å². The lowest BCUT2D eigenvalue weighted by molar-refractivity contribution is -0.138. The highest BCUT2D eigenvalue weighted by atomic mass is 79.9. The highest BCUT2D eigenvalue weighted by Gasteiger charge is 2.59. The fraction of sp³-hybridized carbons (Fsp3) is 0.632. The van der Waals surface area contributed by atoms with E-state index in [1.54, 1.807) is 0 Å². The van der Waals surface area contributed by atoms with Crippen LogP contribution in [0.5, 0.6) is 0 Å². The Morgan fingerprint density at radius 3 is 2.50 bits per heavy atom. The van der Waals surface area contributed by atoms with E-state index in [0.717, 1.165) is 42.3 Å². The van der Waals surface area contributed by atoms with Crippen LogP contribution in [0.1, 0.15) is 49.7 Å². The van der Waals surface area contributed by atoms with Crippen LogP contribution in [0.2, 0.25) is 0 Å². The summed E-state index contributed by atoms with van der Waals surface area (Å²) in [6.45, 7) is 4.15. The van der Waals surface area contributed by atoms with Crippen molar-refractivity contribution in [2.24, 2.45) is 17.3 Å². The van der Waals surface area contributed by atoms with Gasteiger partial charge in [-0.2, -0.15) is 0 Å². The van der Waals surface area contributed by atoms with E-state index in [4.69, 9.17) is 0 Å². The quantitative estimate of drug-likeness (QED) is 0.739. The Kier molecular flexibility index (Phi) is 3.24. The molecule has 0 aromatic heterocycles. The van der Waals surface area contributed by atoms with Crippen LogP contribution in [-0.2, 0) is 4.79 Å². The van der Waals surface area contributed by atoms with Gasteiger partial charge in [0.05, 0.1) is 5.41 Å². The molecule has 3 heteroatoms. The molecule has 4 aliphatic carbocycles. The second-order valence-corrected chi connectivity index (χ2v) is 9.85. The Labute approximate surface area is 141 Å². The molecule has 22 heavy (non-hydrogen) atoms. The molecular formula is C19H24BrNO. The summed E-state index contributed by atoms with van der Waals surface area (Å²) in [6.07, 6.45) is 7.07. The molecule has 4 aliphatic rings. The Hall–Kier alpha value is -0.830. The molecule has 0 saturated heterocycles. The Balaban J connectivity index is 1.61. The smallest absolute Gasteiger partial charge is 0.230 e. The standard InChI is InChI=1S/C19H24BrNO/c1-12-3-4-13(2)16(5-12)21-17(22)18-7-14-6-15(8-18)10-19(20,9-14)11-18/h3-5,14-15H,6-11H2,1-2H3,(H,21,22). The third-order valence-corrected chi connectivity index (χ3v) is 7.04. The Morgan fingerprint density at radius 2 is 1.86 bits per heavy atom. The first-order chi connectivity index (χ1) is 10.4. The molecule has 1 aromatic carbocycles. The van der Waals surface area contributed by atoms with Crippen LogP contribution in [0, 0.1) is 31.1 Å². The molecule has 2 nitrogen and oxygen atoms in total. The zero-order valence-corrected chi connectivity index (χ0v) is 15.0. The number of aryl methyl sites for hydroxylation is 2. The number of alkyl halides is 1. The summed E-state index contributed by atoms with van der Waals surface area (Å²) in [5.74, 6) is 1.74. The topological polar surface area (TPSA) is 29.1 Å². The summed E-state index contributed by atoms with van der Waals surface area (Å²) < 4.78 is 0.232. The zero-order valence-electron chi connectivity index (χ0n) is 13.4. The third-order valence-electron chi connectivity index (χ3n) is 6.11. The van der Waals surface area contributed by atoms with Crippen LogP contribution >= 0.6 is 15.9 Å². The molecule has 4 saturated carbocycles. The molecule has 1 N–H and O–H groups in total. The Morgan fingerprint density at radius 1 is 1.18 bits per heavy atom. The van der Waals surface area contributed by atoms with Crippen LogP contribution in [0.25, 0.3) is 0 Å². The molecule has 1 aromatic rings. The predicted octanol–water partition coefficient (Wildman–Crippen LogP) is 4.98. The van der Waals surface area contributed by atoms with Crippen LogP contribution in [0.15, 0.2) is 18.2 Å². The number of halogens is 1. The minimum absolute atomic E-state index is 0.135. The van der Waals surface area contributed by atoms with Crippen molar-refractivity contribution >= 4 is 27.5 Å². The molecule has 0 heterocycles. The minimum atomic E-state index is -0.135. The minimum Gasteiger partial charge on any atom is -0.325 e. The van der Waals surface area contributed by atoms with Crippen molar-refractivity contribution in [1.82, 2.24) is 0 Å². The van der Waals surface area contributed by atoms with Gasteiger partial charge in [0.2, 0.25) is 5.91 Å². The third kappa shape index (κ3) is 2.33. The number of rotatable bonds is 2. The summed E-state index contributed by atoms with van der Waals surface area (Å²) in [6, 6.07) is 6.29. The average molecular weight is 362 g/mol. The average Bonchev–Trinajstić information content (AvgIpc) is 2.40. The van der Waals surface area contributed by atoms with Gasteiger partial charge in [-0.05, 0) is 81.4 Å². The SMILES string of the molecule is Cc1ccc(C)c(NC(=O)C23CC4CC(CC(Br)(C4)C2)C3)c1. The van der Waals surface area contributed by atoms with E-state index in [9.17, 15) is 4.79 Å². The molecule has 4 fully saturated rings. The summed E-state index contributed by atoms with van der Waals surface area (Å²) >= 11 is 3.99. The monoisotopic (exact) mass is 361 g/mol. The van der Waals surface area contributed by atoms with Crippen molar-refractivity contribution in [3.05, 3.63) is 29.3 Å². The number of amides is 1. The van der Waals surface area contributed by atoms with Crippen molar-refractivity contribution in [3.63, 3.8) is 0 Å². The van der Waals surface area contributed by atoms with Gasteiger partial charge in [-0.1, -0.05) is 28.1 Å². The first kappa shape index (κ1) is 14.7. The van der Waals surface area contributed by atoms with Crippen LogP contribution in [-0.4, -0.2) is 10.2 Å². The van der Waals surface area contributed by atoms with E-state index in [1.165, 1.54) is 24.8 Å². The molecule has 1 amide bonds. The molecule has 0 radical (unpaired) electrons. The van der Waals surface area contributed by atoms with E-state index in [0.29, 0.717) is 0 Å². The van der Waals surface area contributed by atoms with E-state index in [1.807, 2.05) is 0 Å². The van der Waals surface area contributed by atoms with Gasteiger partial charge in [0.1, 0.15) is 0 Å². The maximum absolute atomic E-state index is 13.1. The van der Waals surface area contributed by atoms with Crippen molar-refractivity contribution in [2.45, 2.75) is 56.7 Å². The van der Waals surface area contributed by atoms with Gasteiger partial charge in [0.15, 0.2) is 0 Å². The fourth-order valence-electron chi connectivity index (χ4n) is 5.54. The summed E-state index contributed by atoms with van der Waals surface area (Å²) in [4.78, 5) is 13.1. The highest BCUT2D eigenvalue weighted by molar-refractivity contribution is 9.10. The molecule has 118 valence electrons. The number of carbonyl (C=O) groups excluding carboxylic acids is 1. The van der Waals surface area contributed by atoms with Gasteiger partial charge in [-0.3, -0.25) is 4.79 Å². The molecule has 4 bridgehead atoms. The van der Waals surface area contributed by atoms with Gasteiger partial charge in [0, 0.05) is 10.0 Å². The molecule has 2 atom stereocenters. The van der Waals surface area contributed by atoms with Gasteiger partial charge < -0.3 is 5.32 Å². The molecule has 5 rings (SSSR count). The number of hydrogen-bond donors (Lipinski definition) is 1. The number of carbonyl (C=O) groups is 1. The number of nitrogens with one attached hydrogen (secondary N) is 1. The van der Waals surface area contributed by atoms with Gasteiger partial charge in [-0.25, -0.2) is 0 Å². The van der Waals surface area contributed by atoms with Crippen molar-refractivity contribution in [1.29, 1.82) is 0 Å². The van der Waals surface area contributed by atoms with Gasteiger partial charge in [0.25, 0.3) is 0 Å². The molecule has 0 spiro atoms. The van der Waals surface area contributed by atoms with E-state index < -0.39 is 0 Å². The predicted molar refractivity (Wildman–Crippen MR) is 93.3 cm³/mol. The number of hydrogen-bond acceptors (Lipinski definition) is 1. The second kappa shape index (κ2) is 4.83.